The van der Waals surface area contributed by atoms with Crippen molar-refractivity contribution in [1.82, 2.24) is 10.2 Å². The lowest BCUT2D eigenvalue weighted by Crippen LogP contribution is -2.37. The molecule has 0 unspecified atom stereocenters. The van der Waals surface area contributed by atoms with E-state index in [1.54, 1.807) is 11.0 Å². The van der Waals surface area contributed by atoms with E-state index < -0.39 is 0 Å². The van der Waals surface area contributed by atoms with Gasteiger partial charge in [-0.25, -0.2) is 0 Å². The van der Waals surface area contributed by atoms with Gasteiger partial charge in [-0.3, -0.25) is 9.59 Å². The van der Waals surface area contributed by atoms with Crippen molar-refractivity contribution in [2.75, 3.05) is 6.54 Å². The summed E-state index contributed by atoms with van der Waals surface area (Å²) in [7, 11) is 0. The molecule has 2 amide bonds. The van der Waals surface area contributed by atoms with Crippen molar-refractivity contribution in [1.29, 1.82) is 0 Å². The smallest absolute Gasteiger partial charge is 0.263 e. The first-order valence-corrected chi connectivity index (χ1v) is 10.2. The van der Waals surface area contributed by atoms with Gasteiger partial charge in [0, 0.05) is 18.8 Å². The molecule has 1 heterocycles. The van der Waals surface area contributed by atoms with Gasteiger partial charge in [0.2, 0.25) is 0 Å². The highest BCUT2D eigenvalue weighted by molar-refractivity contribution is 6.19. The second-order valence-corrected chi connectivity index (χ2v) is 7.23. The van der Waals surface area contributed by atoms with Crippen molar-refractivity contribution >= 4 is 17.4 Å². The second-order valence-electron chi connectivity index (χ2n) is 7.23. The van der Waals surface area contributed by atoms with Crippen LogP contribution in [0.2, 0.25) is 0 Å². The Morgan fingerprint density at radius 1 is 1.03 bits per heavy atom. The summed E-state index contributed by atoms with van der Waals surface area (Å²) in [5.74, 6) is -0.532. The summed E-state index contributed by atoms with van der Waals surface area (Å²) < 4.78 is 0. The summed E-state index contributed by atoms with van der Waals surface area (Å²) in [6.45, 7) is 5.09. The number of carbonyl (C=O) groups excluding carboxylic acids is 2. The minimum atomic E-state index is -0.317. The van der Waals surface area contributed by atoms with E-state index >= 15 is 0 Å². The molecular weight excluding hydrogens is 360 g/mol. The van der Waals surface area contributed by atoms with Gasteiger partial charge in [-0.2, -0.15) is 0 Å². The molecule has 1 aliphatic rings. The lowest BCUT2D eigenvalue weighted by Gasteiger charge is -2.25. The molecule has 0 aromatic heterocycles. The van der Waals surface area contributed by atoms with Crippen LogP contribution in [0, 0.1) is 0 Å². The molecule has 0 saturated carbocycles. The first kappa shape index (κ1) is 20.6. The number of amides is 2. The Kier molecular flexibility index (Phi) is 7.01. The maximum atomic E-state index is 13.3. The Morgan fingerprint density at radius 3 is 2.34 bits per heavy atom. The van der Waals surface area contributed by atoms with Gasteiger partial charge in [0.1, 0.15) is 5.57 Å². The summed E-state index contributed by atoms with van der Waals surface area (Å²) in [5.41, 5.74) is 4.33. The minimum Gasteiger partial charge on any atom is -0.348 e. The molecule has 2 aromatic carbocycles. The maximum absolute atomic E-state index is 13.3. The number of carbonyl (C=O) groups is 2. The minimum absolute atomic E-state index is 0.215. The maximum Gasteiger partial charge on any atom is 0.263 e. The van der Waals surface area contributed by atoms with E-state index in [1.165, 1.54) is 0 Å². The van der Waals surface area contributed by atoms with E-state index in [1.807, 2.05) is 55.5 Å². The number of benzene rings is 2. The zero-order chi connectivity index (χ0) is 20.6. The van der Waals surface area contributed by atoms with Crippen molar-refractivity contribution in [2.45, 2.75) is 39.7 Å². The largest absolute Gasteiger partial charge is 0.348 e. The van der Waals surface area contributed by atoms with Crippen molar-refractivity contribution < 1.29 is 9.59 Å². The van der Waals surface area contributed by atoms with Gasteiger partial charge >= 0.3 is 0 Å². The number of nitrogens with zero attached hydrogens (tertiary/aromatic N) is 1. The summed E-state index contributed by atoms with van der Waals surface area (Å²) in [5, 5.41) is 2.90. The number of nitrogens with one attached hydrogen (secondary N) is 1. The molecule has 0 bridgehead atoms. The van der Waals surface area contributed by atoms with E-state index in [-0.39, 0.29) is 17.4 Å². The molecule has 3 rings (SSSR count). The molecule has 0 fully saturated rings. The van der Waals surface area contributed by atoms with Crippen molar-refractivity contribution in [3.8, 4) is 0 Å². The first-order chi connectivity index (χ1) is 14.1. The van der Waals surface area contributed by atoms with Crippen LogP contribution in [0.3, 0.4) is 0 Å². The van der Waals surface area contributed by atoms with Crippen LogP contribution < -0.4 is 5.32 Å². The zero-order valence-electron chi connectivity index (χ0n) is 17.2. The number of allylic oxidation sites excluding steroid dienone is 3. The Bertz CT molecular complexity index is 914. The highest BCUT2D eigenvalue weighted by Crippen LogP contribution is 2.29. The van der Waals surface area contributed by atoms with E-state index in [2.05, 4.69) is 24.4 Å². The topological polar surface area (TPSA) is 49.4 Å². The molecule has 29 heavy (non-hydrogen) atoms. The van der Waals surface area contributed by atoms with Crippen molar-refractivity contribution in [3.05, 3.63) is 89.1 Å². The summed E-state index contributed by atoms with van der Waals surface area (Å²) in [6, 6.07) is 19.8. The fourth-order valence-corrected chi connectivity index (χ4v) is 3.51. The normalized spacial score (nSPS) is 14.5. The lowest BCUT2D eigenvalue weighted by atomic mass is 10.0. The fourth-order valence-electron chi connectivity index (χ4n) is 3.51. The van der Waals surface area contributed by atoms with E-state index in [0.29, 0.717) is 19.5 Å². The number of unbranched alkanes of at least 4 members (excludes halogenated alkanes) is 1. The van der Waals surface area contributed by atoms with Crippen LogP contribution in [0.1, 0.15) is 44.2 Å². The molecule has 1 aliphatic heterocycles. The molecule has 150 valence electrons. The van der Waals surface area contributed by atoms with Crippen molar-refractivity contribution in [3.63, 3.8) is 0 Å². The van der Waals surface area contributed by atoms with Gasteiger partial charge in [-0.05, 0) is 36.5 Å². The Morgan fingerprint density at radius 2 is 1.69 bits per heavy atom. The average molecular weight is 389 g/mol. The molecule has 4 heteroatoms. The van der Waals surface area contributed by atoms with E-state index in [9.17, 15) is 9.59 Å². The van der Waals surface area contributed by atoms with E-state index in [0.717, 1.165) is 35.2 Å². The SMILES string of the molecule is CCCCN1C(=O)C(C(=O)NCc2ccccc2)=CCC(c2ccccc2)=C1C. The van der Waals surface area contributed by atoms with Crippen LogP contribution in [0.4, 0.5) is 0 Å². The fraction of sp³-hybridized carbons (Fsp3) is 0.280. The Labute approximate surface area is 172 Å². The summed E-state index contributed by atoms with van der Waals surface area (Å²) >= 11 is 0. The van der Waals surface area contributed by atoms with Gasteiger partial charge in [0.25, 0.3) is 11.8 Å². The van der Waals surface area contributed by atoms with Crippen LogP contribution in [-0.2, 0) is 16.1 Å². The third kappa shape index (κ3) is 5.02. The predicted molar refractivity (Wildman–Crippen MR) is 117 cm³/mol. The summed E-state index contributed by atoms with van der Waals surface area (Å²) in [6.07, 6.45) is 4.21. The Hall–Kier alpha value is -3.14. The Balaban J connectivity index is 1.86. The second kappa shape index (κ2) is 9.87. The highest BCUT2D eigenvalue weighted by Gasteiger charge is 2.28. The van der Waals surface area contributed by atoms with E-state index in [4.69, 9.17) is 0 Å². The molecule has 0 aliphatic carbocycles. The third-order valence-corrected chi connectivity index (χ3v) is 5.23. The van der Waals surface area contributed by atoms with Crippen LogP contribution in [-0.4, -0.2) is 23.3 Å². The van der Waals surface area contributed by atoms with Crippen LogP contribution >= 0.6 is 0 Å². The molecule has 2 aromatic rings. The molecule has 0 spiro atoms. The molecule has 0 atom stereocenters. The number of hydrogen-bond donors (Lipinski definition) is 1. The van der Waals surface area contributed by atoms with Crippen LogP contribution in [0.15, 0.2) is 78.0 Å². The quantitative estimate of drug-likeness (QED) is 0.700. The standard InChI is InChI=1S/C25H28N2O2/c1-3-4-17-27-19(2)22(21-13-9-6-10-14-21)15-16-23(25(27)29)24(28)26-18-20-11-7-5-8-12-20/h5-14,16H,3-4,15,17-18H2,1-2H3,(H,26,28). The highest BCUT2D eigenvalue weighted by atomic mass is 16.2. The van der Waals surface area contributed by atoms with Gasteiger partial charge in [0.05, 0.1) is 0 Å². The average Bonchev–Trinajstić information content (AvgIpc) is 2.88. The van der Waals surface area contributed by atoms with Gasteiger partial charge in [-0.1, -0.05) is 80.1 Å². The third-order valence-electron chi connectivity index (χ3n) is 5.23. The monoisotopic (exact) mass is 388 g/mol. The first-order valence-electron chi connectivity index (χ1n) is 10.2. The molecule has 0 radical (unpaired) electrons. The zero-order valence-corrected chi connectivity index (χ0v) is 17.2. The molecule has 1 N–H and O–H groups in total. The van der Waals surface area contributed by atoms with Crippen molar-refractivity contribution in [2.24, 2.45) is 0 Å². The predicted octanol–water partition coefficient (Wildman–Crippen LogP) is 4.69. The lowest BCUT2D eigenvalue weighted by molar-refractivity contribution is -0.128. The van der Waals surface area contributed by atoms with Crippen LogP contribution in [0.25, 0.3) is 5.57 Å². The molecule has 0 saturated heterocycles. The molecule has 4 nitrogen and oxygen atoms in total. The van der Waals surface area contributed by atoms with Gasteiger partial charge in [0.15, 0.2) is 0 Å². The van der Waals surface area contributed by atoms with Gasteiger partial charge in [-0.15, -0.1) is 0 Å². The van der Waals surface area contributed by atoms with Gasteiger partial charge < -0.3 is 10.2 Å². The van der Waals surface area contributed by atoms with Crippen LogP contribution in [0.5, 0.6) is 0 Å². The summed E-state index contributed by atoms with van der Waals surface area (Å²) in [4.78, 5) is 27.9. The number of rotatable bonds is 7. The number of hydrogen-bond acceptors (Lipinski definition) is 2. The molecular formula is C25H28N2O2.